The molecule has 2 rings (SSSR count). The molecule has 1 nitrogen and oxygen atoms in total. The fourth-order valence-corrected chi connectivity index (χ4v) is 3.08. The molecule has 0 aliphatic carbocycles. The Morgan fingerprint density at radius 2 is 2.00 bits per heavy atom. The second kappa shape index (κ2) is 2.40. The zero-order valence-corrected chi connectivity index (χ0v) is 8.45. The standard InChI is InChI=1S/C9H17NS/c1-9(2,3)10-4-7-6-11-8(7)5-10/h7-8H,4-6H2,1-3H3. The zero-order valence-electron chi connectivity index (χ0n) is 7.63. The highest BCUT2D eigenvalue weighted by Gasteiger charge is 2.43. The van der Waals surface area contributed by atoms with Crippen molar-refractivity contribution in [3.05, 3.63) is 0 Å². The highest BCUT2D eigenvalue weighted by Crippen LogP contribution is 2.42. The second-order valence-electron chi connectivity index (χ2n) is 4.71. The van der Waals surface area contributed by atoms with Crippen LogP contribution >= 0.6 is 11.8 Å². The molecular weight excluding hydrogens is 154 g/mol. The molecule has 2 heteroatoms. The molecule has 0 N–H and O–H groups in total. The molecule has 2 heterocycles. The van der Waals surface area contributed by atoms with E-state index in [9.17, 15) is 0 Å². The minimum atomic E-state index is 0.401. The highest BCUT2D eigenvalue weighted by atomic mass is 32.2. The zero-order chi connectivity index (χ0) is 8.06. The van der Waals surface area contributed by atoms with E-state index >= 15 is 0 Å². The lowest BCUT2D eigenvalue weighted by Crippen LogP contribution is -2.39. The van der Waals surface area contributed by atoms with E-state index < -0.39 is 0 Å². The van der Waals surface area contributed by atoms with Crippen molar-refractivity contribution in [2.24, 2.45) is 5.92 Å². The Labute approximate surface area is 73.5 Å². The third-order valence-electron chi connectivity index (χ3n) is 2.85. The maximum absolute atomic E-state index is 2.63. The first-order valence-electron chi connectivity index (χ1n) is 4.44. The van der Waals surface area contributed by atoms with Crippen LogP contribution in [0.25, 0.3) is 0 Å². The van der Waals surface area contributed by atoms with Crippen LogP contribution < -0.4 is 0 Å². The Kier molecular flexibility index (Phi) is 1.73. The van der Waals surface area contributed by atoms with Crippen molar-refractivity contribution in [1.82, 2.24) is 4.90 Å². The molecule has 2 fully saturated rings. The first-order valence-corrected chi connectivity index (χ1v) is 5.49. The van der Waals surface area contributed by atoms with Gasteiger partial charge in [-0.3, -0.25) is 4.90 Å². The lowest BCUT2D eigenvalue weighted by Gasteiger charge is -2.31. The summed E-state index contributed by atoms with van der Waals surface area (Å²) in [7, 11) is 0. The summed E-state index contributed by atoms with van der Waals surface area (Å²) < 4.78 is 0. The van der Waals surface area contributed by atoms with Gasteiger partial charge in [0.15, 0.2) is 0 Å². The van der Waals surface area contributed by atoms with Gasteiger partial charge in [-0.1, -0.05) is 0 Å². The molecule has 2 saturated heterocycles. The topological polar surface area (TPSA) is 3.24 Å². The van der Waals surface area contributed by atoms with Gasteiger partial charge in [-0.25, -0.2) is 0 Å². The van der Waals surface area contributed by atoms with E-state index in [2.05, 4.69) is 37.4 Å². The Hall–Kier alpha value is 0.310. The number of likely N-dealkylation sites (tertiary alicyclic amines) is 1. The quantitative estimate of drug-likeness (QED) is 0.547. The van der Waals surface area contributed by atoms with E-state index in [-0.39, 0.29) is 0 Å². The Balaban J connectivity index is 1.98. The summed E-state index contributed by atoms with van der Waals surface area (Å²) in [4.78, 5) is 2.63. The van der Waals surface area contributed by atoms with Gasteiger partial charge < -0.3 is 0 Å². The van der Waals surface area contributed by atoms with Gasteiger partial charge >= 0.3 is 0 Å². The lowest BCUT2D eigenvalue weighted by molar-refractivity contribution is 0.171. The number of thioether (sulfide) groups is 1. The smallest absolute Gasteiger partial charge is 0.0223 e. The molecule has 0 aromatic rings. The number of rotatable bonds is 0. The summed E-state index contributed by atoms with van der Waals surface area (Å²) in [5.41, 5.74) is 0.401. The van der Waals surface area contributed by atoms with Crippen molar-refractivity contribution in [2.45, 2.75) is 31.6 Å². The van der Waals surface area contributed by atoms with Crippen molar-refractivity contribution in [3.63, 3.8) is 0 Å². The molecule has 0 saturated carbocycles. The van der Waals surface area contributed by atoms with Crippen LogP contribution in [-0.2, 0) is 0 Å². The SMILES string of the molecule is CC(C)(C)N1CC2CSC2C1. The number of fused-ring (bicyclic) bond motifs is 1. The molecule has 2 atom stereocenters. The van der Waals surface area contributed by atoms with Crippen LogP contribution in [0.2, 0.25) is 0 Å². The van der Waals surface area contributed by atoms with Crippen LogP contribution in [0.15, 0.2) is 0 Å². The summed E-state index contributed by atoms with van der Waals surface area (Å²) in [6.07, 6.45) is 0. The third kappa shape index (κ3) is 1.31. The predicted molar refractivity (Wildman–Crippen MR) is 51.1 cm³/mol. The number of hydrogen-bond acceptors (Lipinski definition) is 2. The molecule has 0 spiro atoms. The maximum atomic E-state index is 2.63. The molecule has 11 heavy (non-hydrogen) atoms. The second-order valence-corrected chi connectivity index (χ2v) is 5.98. The van der Waals surface area contributed by atoms with Crippen LogP contribution in [0.5, 0.6) is 0 Å². The minimum absolute atomic E-state index is 0.401. The average Bonchev–Trinajstić information content (AvgIpc) is 2.06. The van der Waals surface area contributed by atoms with Gasteiger partial charge in [0.1, 0.15) is 0 Å². The summed E-state index contributed by atoms with van der Waals surface area (Å²) in [6, 6.07) is 0. The summed E-state index contributed by atoms with van der Waals surface area (Å²) in [5.74, 6) is 2.44. The van der Waals surface area contributed by atoms with Crippen molar-refractivity contribution in [2.75, 3.05) is 18.8 Å². The molecule has 0 radical (unpaired) electrons. The van der Waals surface area contributed by atoms with Gasteiger partial charge in [0.2, 0.25) is 0 Å². The van der Waals surface area contributed by atoms with E-state index in [0.717, 1.165) is 11.2 Å². The molecule has 2 aliphatic heterocycles. The first-order chi connectivity index (χ1) is 5.07. The Morgan fingerprint density at radius 3 is 2.27 bits per heavy atom. The largest absolute Gasteiger partial charge is 0.297 e. The molecule has 64 valence electrons. The maximum Gasteiger partial charge on any atom is 0.0223 e. The first kappa shape index (κ1) is 7.93. The van der Waals surface area contributed by atoms with Gasteiger partial charge in [-0.15, -0.1) is 0 Å². The van der Waals surface area contributed by atoms with Crippen molar-refractivity contribution in [1.29, 1.82) is 0 Å². The minimum Gasteiger partial charge on any atom is -0.297 e. The molecule has 2 unspecified atom stereocenters. The van der Waals surface area contributed by atoms with Gasteiger partial charge in [0.05, 0.1) is 0 Å². The van der Waals surface area contributed by atoms with E-state index in [4.69, 9.17) is 0 Å². The van der Waals surface area contributed by atoms with Gasteiger partial charge in [0, 0.05) is 23.9 Å². The number of nitrogens with zero attached hydrogens (tertiary/aromatic N) is 1. The molecule has 0 aromatic carbocycles. The molecular formula is C9H17NS. The van der Waals surface area contributed by atoms with Gasteiger partial charge in [-0.05, 0) is 32.4 Å². The molecule has 2 aliphatic rings. The van der Waals surface area contributed by atoms with Crippen molar-refractivity contribution >= 4 is 11.8 Å². The Morgan fingerprint density at radius 1 is 1.27 bits per heavy atom. The van der Waals surface area contributed by atoms with Crippen molar-refractivity contribution in [3.8, 4) is 0 Å². The van der Waals surface area contributed by atoms with Crippen LogP contribution in [0.4, 0.5) is 0 Å². The fourth-order valence-electron chi connectivity index (χ4n) is 1.86. The number of hydrogen-bond donors (Lipinski definition) is 0. The highest BCUT2D eigenvalue weighted by molar-refractivity contribution is 8.01. The molecule has 0 bridgehead atoms. The van der Waals surface area contributed by atoms with E-state index in [1.54, 1.807) is 0 Å². The van der Waals surface area contributed by atoms with Gasteiger partial charge in [0.25, 0.3) is 0 Å². The summed E-state index contributed by atoms with van der Waals surface area (Å²) in [6.45, 7) is 9.65. The summed E-state index contributed by atoms with van der Waals surface area (Å²) >= 11 is 2.15. The van der Waals surface area contributed by atoms with Crippen LogP contribution in [-0.4, -0.2) is 34.5 Å². The van der Waals surface area contributed by atoms with E-state index in [0.29, 0.717) is 5.54 Å². The lowest BCUT2D eigenvalue weighted by atomic mass is 10.1. The normalized spacial score (nSPS) is 38.5. The average molecular weight is 171 g/mol. The van der Waals surface area contributed by atoms with Crippen LogP contribution in [0, 0.1) is 5.92 Å². The molecule has 0 amide bonds. The predicted octanol–water partition coefficient (Wildman–Crippen LogP) is 1.83. The van der Waals surface area contributed by atoms with Gasteiger partial charge in [-0.2, -0.15) is 11.8 Å². The van der Waals surface area contributed by atoms with E-state index in [1.807, 2.05) is 0 Å². The van der Waals surface area contributed by atoms with Crippen LogP contribution in [0.1, 0.15) is 20.8 Å². The van der Waals surface area contributed by atoms with Crippen LogP contribution in [0.3, 0.4) is 0 Å². The van der Waals surface area contributed by atoms with E-state index in [1.165, 1.54) is 18.8 Å². The summed E-state index contributed by atoms with van der Waals surface area (Å²) in [5, 5.41) is 0.981. The van der Waals surface area contributed by atoms with Crippen molar-refractivity contribution < 1.29 is 0 Å². The third-order valence-corrected chi connectivity index (χ3v) is 4.44. The Bertz CT molecular complexity index is 149. The fraction of sp³-hybridized carbons (Fsp3) is 1.00. The monoisotopic (exact) mass is 171 g/mol. The molecule has 0 aromatic heterocycles.